The largest absolute Gasteiger partial charge is 0.481 e. The van der Waals surface area contributed by atoms with Crippen molar-refractivity contribution in [1.82, 2.24) is 0 Å². The van der Waals surface area contributed by atoms with Crippen molar-refractivity contribution in [2.75, 3.05) is 5.75 Å². The first-order chi connectivity index (χ1) is 6.68. The topological polar surface area (TPSA) is 91.7 Å². The summed E-state index contributed by atoms with van der Waals surface area (Å²) in [6.45, 7) is 3.09. The van der Waals surface area contributed by atoms with Crippen LogP contribution in [-0.2, 0) is 14.6 Å². The van der Waals surface area contributed by atoms with Crippen LogP contribution in [0.25, 0.3) is 0 Å². The van der Waals surface area contributed by atoms with Crippen LogP contribution < -0.4 is 0 Å². The van der Waals surface area contributed by atoms with E-state index in [-0.39, 0.29) is 5.75 Å². The number of hydrogen-bond acceptors (Lipinski definition) is 4. The minimum absolute atomic E-state index is 0.0291. The summed E-state index contributed by atoms with van der Waals surface area (Å²) in [5, 5.41) is 18.2. The standard InChI is InChI=1S/C9H16O5S/c1-9(2)6(3-4-15(9,13)14)7(10)5-8(11)12/h6-7,10H,3-5H2,1-2H3,(H,11,12)/t6?,7-/m0/s1. The highest BCUT2D eigenvalue weighted by molar-refractivity contribution is 7.93. The molecular formula is C9H16O5S. The first-order valence-electron chi connectivity index (χ1n) is 4.80. The average Bonchev–Trinajstić information content (AvgIpc) is 2.20. The normalized spacial score (nSPS) is 29.9. The lowest BCUT2D eigenvalue weighted by atomic mass is 9.86. The van der Waals surface area contributed by atoms with Gasteiger partial charge in [0.25, 0.3) is 0 Å². The van der Waals surface area contributed by atoms with E-state index in [9.17, 15) is 18.3 Å². The second-order valence-electron chi connectivity index (χ2n) is 4.48. The summed E-state index contributed by atoms with van der Waals surface area (Å²) in [4.78, 5) is 10.4. The van der Waals surface area contributed by atoms with E-state index in [2.05, 4.69) is 0 Å². The van der Waals surface area contributed by atoms with Gasteiger partial charge in [-0.05, 0) is 20.3 Å². The fourth-order valence-corrected chi connectivity index (χ4v) is 3.93. The molecule has 0 amide bonds. The lowest BCUT2D eigenvalue weighted by Gasteiger charge is -2.28. The second kappa shape index (κ2) is 3.75. The Hall–Kier alpha value is -0.620. The number of aliphatic hydroxyl groups excluding tert-OH is 1. The number of aliphatic hydroxyl groups is 1. The van der Waals surface area contributed by atoms with Gasteiger partial charge in [-0.2, -0.15) is 0 Å². The van der Waals surface area contributed by atoms with Crippen LogP contribution in [0.2, 0.25) is 0 Å². The van der Waals surface area contributed by atoms with E-state index in [0.29, 0.717) is 6.42 Å². The third-order valence-corrected chi connectivity index (χ3v) is 5.92. The highest BCUT2D eigenvalue weighted by atomic mass is 32.2. The van der Waals surface area contributed by atoms with E-state index >= 15 is 0 Å². The summed E-state index contributed by atoms with van der Waals surface area (Å²) in [5.74, 6) is -1.57. The van der Waals surface area contributed by atoms with Gasteiger partial charge in [0.2, 0.25) is 0 Å². The predicted octanol–water partition coefficient (Wildman–Crippen LogP) is 0.0353. The van der Waals surface area contributed by atoms with E-state index in [1.807, 2.05) is 0 Å². The Morgan fingerprint density at radius 2 is 2.07 bits per heavy atom. The van der Waals surface area contributed by atoms with Crippen LogP contribution in [0, 0.1) is 5.92 Å². The summed E-state index contributed by atoms with van der Waals surface area (Å²) in [5.41, 5.74) is 0. The van der Waals surface area contributed by atoms with Crippen molar-refractivity contribution in [2.45, 2.75) is 37.5 Å². The third-order valence-electron chi connectivity index (χ3n) is 3.24. The van der Waals surface area contributed by atoms with Gasteiger partial charge in [0.15, 0.2) is 9.84 Å². The lowest BCUT2D eigenvalue weighted by molar-refractivity contribution is -0.140. The zero-order chi connectivity index (χ0) is 11.9. The molecule has 0 aromatic heterocycles. The predicted molar refractivity (Wildman–Crippen MR) is 54.2 cm³/mol. The van der Waals surface area contributed by atoms with E-state index in [4.69, 9.17) is 5.11 Å². The maximum Gasteiger partial charge on any atom is 0.305 e. The van der Waals surface area contributed by atoms with Gasteiger partial charge in [-0.15, -0.1) is 0 Å². The Balaban J connectivity index is 2.86. The minimum atomic E-state index is -3.21. The molecule has 0 aromatic carbocycles. The molecule has 88 valence electrons. The van der Waals surface area contributed by atoms with Crippen LogP contribution in [0.1, 0.15) is 26.7 Å². The van der Waals surface area contributed by atoms with Gasteiger partial charge >= 0.3 is 5.97 Å². The molecule has 1 heterocycles. The fourth-order valence-electron chi connectivity index (χ4n) is 2.10. The summed E-state index contributed by atoms with van der Waals surface area (Å²) in [7, 11) is -3.21. The van der Waals surface area contributed by atoms with E-state index in [1.165, 1.54) is 0 Å². The number of carboxylic acids is 1. The zero-order valence-corrected chi connectivity index (χ0v) is 9.62. The van der Waals surface area contributed by atoms with Crippen molar-refractivity contribution in [3.63, 3.8) is 0 Å². The van der Waals surface area contributed by atoms with Crippen molar-refractivity contribution in [1.29, 1.82) is 0 Å². The van der Waals surface area contributed by atoms with E-state index in [1.54, 1.807) is 13.8 Å². The molecular weight excluding hydrogens is 220 g/mol. The number of carboxylic acid groups (broad SMARTS) is 1. The molecule has 0 aromatic rings. The molecule has 2 N–H and O–H groups in total. The number of carbonyl (C=O) groups is 1. The van der Waals surface area contributed by atoms with Crippen LogP contribution >= 0.6 is 0 Å². The molecule has 0 bridgehead atoms. The van der Waals surface area contributed by atoms with Gasteiger partial charge < -0.3 is 10.2 Å². The molecule has 0 radical (unpaired) electrons. The molecule has 6 heteroatoms. The molecule has 1 aliphatic heterocycles. The maximum atomic E-state index is 11.6. The Morgan fingerprint density at radius 1 is 1.53 bits per heavy atom. The molecule has 0 saturated carbocycles. The van der Waals surface area contributed by atoms with Crippen molar-refractivity contribution < 1.29 is 23.4 Å². The smallest absolute Gasteiger partial charge is 0.305 e. The Labute approximate surface area is 89.0 Å². The van der Waals surface area contributed by atoms with Gasteiger partial charge in [-0.25, -0.2) is 8.42 Å². The van der Waals surface area contributed by atoms with Crippen LogP contribution in [-0.4, -0.2) is 41.2 Å². The summed E-state index contributed by atoms with van der Waals surface area (Å²) >= 11 is 0. The van der Waals surface area contributed by atoms with Gasteiger partial charge in [0.05, 0.1) is 23.0 Å². The molecule has 1 saturated heterocycles. The Bertz CT molecular complexity index is 357. The maximum absolute atomic E-state index is 11.6. The van der Waals surface area contributed by atoms with Crippen LogP contribution in [0.4, 0.5) is 0 Å². The fraction of sp³-hybridized carbons (Fsp3) is 0.889. The lowest BCUT2D eigenvalue weighted by Crippen LogP contribution is -2.40. The molecule has 0 spiro atoms. The molecule has 0 aliphatic carbocycles. The van der Waals surface area contributed by atoms with Crippen LogP contribution in [0.3, 0.4) is 0 Å². The molecule has 1 unspecified atom stereocenters. The number of aliphatic carboxylic acids is 1. The molecule has 1 fully saturated rings. The first kappa shape index (κ1) is 12.4. The summed E-state index contributed by atoms with van der Waals surface area (Å²) < 4.78 is 22.2. The molecule has 5 nitrogen and oxygen atoms in total. The van der Waals surface area contributed by atoms with E-state index in [0.717, 1.165) is 0 Å². The first-order valence-corrected chi connectivity index (χ1v) is 6.46. The second-order valence-corrected chi connectivity index (χ2v) is 7.17. The highest BCUT2D eigenvalue weighted by Gasteiger charge is 2.50. The van der Waals surface area contributed by atoms with Gasteiger partial charge in [0.1, 0.15) is 0 Å². The Kier molecular flexibility index (Phi) is 3.11. The SMILES string of the molecule is CC1(C)C([C@@H](O)CC(=O)O)CCS1(=O)=O. The highest BCUT2D eigenvalue weighted by Crippen LogP contribution is 2.39. The van der Waals surface area contributed by atoms with Crippen molar-refractivity contribution in [3.05, 3.63) is 0 Å². The van der Waals surface area contributed by atoms with Crippen LogP contribution in [0.5, 0.6) is 0 Å². The van der Waals surface area contributed by atoms with Crippen LogP contribution in [0.15, 0.2) is 0 Å². The third kappa shape index (κ3) is 2.15. The Morgan fingerprint density at radius 3 is 2.40 bits per heavy atom. The van der Waals surface area contributed by atoms with E-state index < -0.39 is 39.0 Å². The van der Waals surface area contributed by atoms with Gasteiger partial charge in [-0.1, -0.05) is 0 Å². The summed E-state index contributed by atoms with van der Waals surface area (Å²) in [6, 6.07) is 0. The van der Waals surface area contributed by atoms with Crippen molar-refractivity contribution >= 4 is 15.8 Å². The zero-order valence-electron chi connectivity index (χ0n) is 8.80. The van der Waals surface area contributed by atoms with Gasteiger partial charge in [-0.3, -0.25) is 4.79 Å². The number of hydrogen-bond donors (Lipinski definition) is 2. The average molecular weight is 236 g/mol. The monoisotopic (exact) mass is 236 g/mol. The molecule has 15 heavy (non-hydrogen) atoms. The quantitative estimate of drug-likeness (QED) is 0.721. The summed E-state index contributed by atoms with van der Waals surface area (Å²) in [6.07, 6.45) is -1.15. The molecule has 1 rings (SSSR count). The molecule has 2 atom stereocenters. The van der Waals surface area contributed by atoms with Crippen molar-refractivity contribution in [3.8, 4) is 0 Å². The van der Waals surface area contributed by atoms with Crippen molar-refractivity contribution in [2.24, 2.45) is 5.92 Å². The van der Waals surface area contributed by atoms with Gasteiger partial charge in [0, 0.05) is 5.92 Å². The molecule has 1 aliphatic rings. The number of rotatable bonds is 3. The minimum Gasteiger partial charge on any atom is -0.481 e. The number of sulfone groups is 1.